The van der Waals surface area contributed by atoms with E-state index in [-0.39, 0.29) is 5.91 Å². The summed E-state index contributed by atoms with van der Waals surface area (Å²) in [5, 5.41) is 6.90. The van der Waals surface area contributed by atoms with Crippen LogP contribution in [0.4, 0.5) is 0 Å². The predicted molar refractivity (Wildman–Crippen MR) is 81.9 cm³/mol. The van der Waals surface area contributed by atoms with Crippen LogP contribution < -0.4 is 16.4 Å². The molecule has 1 atom stereocenters. The number of carbonyl (C=O) groups excluding carboxylic acids is 1. The molecule has 0 spiro atoms. The van der Waals surface area contributed by atoms with Crippen molar-refractivity contribution >= 4 is 27.5 Å². The largest absolute Gasteiger partial charge is 0.355 e. The first-order valence-corrected chi connectivity index (χ1v) is 9.17. The first-order valence-electron chi connectivity index (χ1n) is 6.78. The molecule has 0 aromatic rings. The highest BCUT2D eigenvalue weighted by atomic mass is 33.1. The van der Waals surface area contributed by atoms with Gasteiger partial charge in [0.2, 0.25) is 5.91 Å². The van der Waals surface area contributed by atoms with Crippen molar-refractivity contribution in [2.45, 2.75) is 37.4 Å². The lowest BCUT2D eigenvalue weighted by Gasteiger charge is -2.08. The third-order valence-electron chi connectivity index (χ3n) is 2.85. The Morgan fingerprint density at radius 1 is 1.28 bits per heavy atom. The van der Waals surface area contributed by atoms with Gasteiger partial charge in [0.15, 0.2) is 0 Å². The van der Waals surface area contributed by atoms with Crippen LogP contribution in [0.5, 0.6) is 0 Å². The van der Waals surface area contributed by atoms with Crippen LogP contribution in [-0.2, 0) is 4.79 Å². The molecule has 0 unspecified atom stereocenters. The average molecular weight is 291 g/mol. The summed E-state index contributed by atoms with van der Waals surface area (Å²) in [4.78, 5) is 11.5. The van der Waals surface area contributed by atoms with Crippen molar-refractivity contribution in [2.75, 3.05) is 31.9 Å². The van der Waals surface area contributed by atoms with Gasteiger partial charge in [-0.1, -0.05) is 28.0 Å². The van der Waals surface area contributed by atoms with Crippen molar-refractivity contribution in [2.24, 2.45) is 5.73 Å². The van der Waals surface area contributed by atoms with Gasteiger partial charge in [-0.2, -0.15) is 0 Å². The molecule has 0 aliphatic carbocycles. The smallest absolute Gasteiger partial charge is 0.220 e. The zero-order valence-corrected chi connectivity index (χ0v) is 12.6. The molecular weight excluding hydrogens is 266 g/mol. The summed E-state index contributed by atoms with van der Waals surface area (Å²) in [6.45, 7) is 2.96. The fourth-order valence-electron chi connectivity index (χ4n) is 1.83. The lowest BCUT2D eigenvalue weighted by atomic mass is 10.1. The lowest BCUT2D eigenvalue weighted by molar-refractivity contribution is -0.121. The van der Waals surface area contributed by atoms with Crippen LogP contribution in [0, 0.1) is 0 Å². The van der Waals surface area contributed by atoms with E-state index >= 15 is 0 Å². The van der Waals surface area contributed by atoms with E-state index in [0.717, 1.165) is 24.8 Å². The molecule has 1 saturated heterocycles. The summed E-state index contributed by atoms with van der Waals surface area (Å²) in [6, 6.07) is 0. The topological polar surface area (TPSA) is 67.2 Å². The van der Waals surface area contributed by atoms with Crippen LogP contribution in [0.25, 0.3) is 0 Å². The normalized spacial score (nSPS) is 19.1. The molecule has 1 aliphatic rings. The summed E-state index contributed by atoms with van der Waals surface area (Å²) < 4.78 is 0. The van der Waals surface area contributed by atoms with Gasteiger partial charge in [-0.15, -0.1) is 0 Å². The van der Waals surface area contributed by atoms with Crippen molar-refractivity contribution in [3.63, 3.8) is 0 Å². The zero-order chi connectivity index (χ0) is 13.1. The fourth-order valence-corrected chi connectivity index (χ4v) is 4.86. The highest BCUT2D eigenvalue weighted by Gasteiger charge is 2.15. The SMILES string of the molecule is NCCNCCNC(=O)CCCC[C@@H]1CCSS1. The van der Waals surface area contributed by atoms with Crippen LogP contribution in [0.15, 0.2) is 0 Å². The number of nitrogens with two attached hydrogens (primary N) is 1. The number of unbranched alkanes of at least 4 members (excludes halogenated alkanes) is 1. The Morgan fingerprint density at radius 3 is 2.89 bits per heavy atom. The molecule has 1 rings (SSSR count). The minimum atomic E-state index is 0.179. The maximum absolute atomic E-state index is 11.5. The van der Waals surface area contributed by atoms with E-state index in [9.17, 15) is 4.79 Å². The highest BCUT2D eigenvalue weighted by molar-refractivity contribution is 8.77. The summed E-state index contributed by atoms with van der Waals surface area (Å²) in [7, 11) is 4.01. The first-order chi connectivity index (χ1) is 8.83. The van der Waals surface area contributed by atoms with Gasteiger partial charge >= 0.3 is 0 Å². The van der Waals surface area contributed by atoms with Gasteiger partial charge in [-0.3, -0.25) is 4.79 Å². The second-order valence-corrected chi connectivity index (χ2v) is 7.25. The van der Waals surface area contributed by atoms with E-state index in [0.29, 0.717) is 19.5 Å². The van der Waals surface area contributed by atoms with E-state index in [4.69, 9.17) is 5.73 Å². The van der Waals surface area contributed by atoms with Crippen LogP contribution >= 0.6 is 21.6 Å². The summed E-state index contributed by atoms with van der Waals surface area (Å²) in [6.07, 6.45) is 5.47. The van der Waals surface area contributed by atoms with Gasteiger partial charge < -0.3 is 16.4 Å². The predicted octanol–water partition coefficient (Wildman–Crippen LogP) is 1.36. The molecule has 0 aromatic heterocycles. The van der Waals surface area contributed by atoms with Crippen molar-refractivity contribution in [1.82, 2.24) is 10.6 Å². The Morgan fingerprint density at radius 2 is 2.17 bits per heavy atom. The third kappa shape index (κ3) is 8.24. The fraction of sp³-hybridized carbons (Fsp3) is 0.917. The number of rotatable bonds is 10. The number of nitrogens with one attached hydrogen (secondary N) is 2. The number of amides is 1. The summed E-state index contributed by atoms with van der Waals surface area (Å²) >= 11 is 0. The van der Waals surface area contributed by atoms with Crippen LogP contribution in [0.1, 0.15) is 32.1 Å². The molecule has 1 fully saturated rings. The van der Waals surface area contributed by atoms with E-state index in [1.54, 1.807) is 0 Å². The van der Waals surface area contributed by atoms with Crippen LogP contribution in [0.3, 0.4) is 0 Å². The van der Waals surface area contributed by atoms with Gasteiger partial charge in [0.05, 0.1) is 0 Å². The molecular formula is C12H25N3OS2. The summed E-state index contributed by atoms with van der Waals surface area (Å²) in [5.74, 6) is 1.48. The monoisotopic (exact) mass is 291 g/mol. The average Bonchev–Trinajstić information content (AvgIpc) is 2.87. The molecule has 0 saturated carbocycles. The van der Waals surface area contributed by atoms with E-state index in [2.05, 4.69) is 10.6 Å². The highest BCUT2D eigenvalue weighted by Crippen LogP contribution is 2.39. The molecule has 0 bridgehead atoms. The third-order valence-corrected chi connectivity index (χ3v) is 5.86. The molecule has 4 N–H and O–H groups in total. The van der Waals surface area contributed by atoms with Crippen LogP contribution in [0.2, 0.25) is 0 Å². The van der Waals surface area contributed by atoms with Crippen molar-refractivity contribution in [1.29, 1.82) is 0 Å². The van der Waals surface area contributed by atoms with Gasteiger partial charge in [-0.25, -0.2) is 0 Å². The molecule has 1 heterocycles. The first kappa shape index (κ1) is 16.1. The minimum Gasteiger partial charge on any atom is -0.355 e. The quantitative estimate of drug-likeness (QED) is 0.419. The molecule has 6 heteroatoms. The molecule has 106 valence electrons. The number of hydrogen-bond acceptors (Lipinski definition) is 5. The maximum atomic E-state index is 11.5. The Labute approximate surface area is 118 Å². The van der Waals surface area contributed by atoms with Gasteiger partial charge in [0, 0.05) is 43.6 Å². The Hall–Kier alpha value is 0.0900. The molecule has 4 nitrogen and oxygen atoms in total. The standard InChI is InChI=1S/C12H25N3OS2/c13-6-7-14-8-9-15-12(16)4-2-1-3-11-5-10-17-18-11/h11,14H,1-10,13H2,(H,15,16)/t11-/m1/s1. The van der Waals surface area contributed by atoms with Gasteiger partial charge in [0.1, 0.15) is 0 Å². The van der Waals surface area contributed by atoms with Gasteiger partial charge in [0.25, 0.3) is 0 Å². The second kappa shape index (κ2) is 11.0. The Balaban J connectivity index is 1.84. The molecule has 1 aliphatic heterocycles. The number of carbonyl (C=O) groups is 1. The molecule has 1 amide bonds. The van der Waals surface area contributed by atoms with Crippen molar-refractivity contribution < 1.29 is 4.79 Å². The number of hydrogen-bond donors (Lipinski definition) is 3. The Kier molecular flexibility index (Phi) is 9.83. The summed E-state index contributed by atoms with van der Waals surface area (Å²) in [5.41, 5.74) is 5.35. The molecule has 0 radical (unpaired) electrons. The van der Waals surface area contributed by atoms with Gasteiger partial charge in [-0.05, 0) is 19.3 Å². The maximum Gasteiger partial charge on any atom is 0.220 e. The van der Waals surface area contributed by atoms with E-state index in [1.165, 1.54) is 25.0 Å². The zero-order valence-electron chi connectivity index (χ0n) is 11.0. The minimum absolute atomic E-state index is 0.179. The lowest BCUT2D eigenvalue weighted by Crippen LogP contribution is -2.33. The molecule has 0 aromatic carbocycles. The van der Waals surface area contributed by atoms with Crippen molar-refractivity contribution in [3.8, 4) is 0 Å². The van der Waals surface area contributed by atoms with Crippen LogP contribution in [-0.4, -0.2) is 43.1 Å². The Bertz CT molecular complexity index is 223. The van der Waals surface area contributed by atoms with Crippen molar-refractivity contribution in [3.05, 3.63) is 0 Å². The second-order valence-electron chi connectivity index (χ2n) is 4.46. The molecule has 18 heavy (non-hydrogen) atoms. The van der Waals surface area contributed by atoms with E-state index < -0.39 is 0 Å². The van der Waals surface area contributed by atoms with E-state index in [1.807, 2.05) is 21.6 Å².